The summed E-state index contributed by atoms with van der Waals surface area (Å²) < 4.78 is 5.06. The van der Waals surface area contributed by atoms with E-state index in [4.69, 9.17) is 4.74 Å². The second kappa shape index (κ2) is 11.9. The molecule has 0 aliphatic carbocycles. The Morgan fingerprint density at radius 2 is 1.97 bits per heavy atom. The molecule has 1 aliphatic heterocycles. The molecule has 2 N–H and O–H groups in total. The first-order valence-corrected chi connectivity index (χ1v) is 10.2. The molecule has 1 amide bonds. The third-order valence-corrected chi connectivity index (χ3v) is 4.75. The number of nitro benzene ring substituents is 1. The topological polar surface area (TPSA) is 109 Å². The smallest absolute Gasteiger partial charge is 0.409 e. The molecule has 1 aromatic rings. The lowest BCUT2D eigenvalue weighted by Crippen LogP contribution is -2.50. The van der Waals surface area contributed by atoms with E-state index >= 15 is 0 Å². The van der Waals surface area contributed by atoms with Crippen molar-refractivity contribution in [2.24, 2.45) is 4.99 Å². The molecule has 0 radical (unpaired) electrons. The summed E-state index contributed by atoms with van der Waals surface area (Å²) >= 11 is 0. The number of aliphatic imine (C=N–C) groups is 1. The number of carbonyl (C=O) groups is 1. The number of guanidine groups is 1. The van der Waals surface area contributed by atoms with Crippen molar-refractivity contribution in [3.05, 3.63) is 39.9 Å². The van der Waals surface area contributed by atoms with Gasteiger partial charge in [-0.3, -0.25) is 10.1 Å². The van der Waals surface area contributed by atoms with Crippen LogP contribution in [-0.4, -0.2) is 54.2 Å². The molecular formula is C20H31N5O4. The summed E-state index contributed by atoms with van der Waals surface area (Å²) in [6.07, 6.45) is 3.52. The van der Waals surface area contributed by atoms with Crippen molar-refractivity contribution in [3.63, 3.8) is 0 Å². The van der Waals surface area contributed by atoms with E-state index in [1.807, 2.05) is 6.92 Å². The number of non-ortho nitro benzene ring substituents is 1. The van der Waals surface area contributed by atoms with Gasteiger partial charge >= 0.3 is 6.09 Å². The molecule has 160 valence electrons. The fourth-order valence-electron chi connectivity index (χ4n) is 3.04. The molecule has 0 unspecified atom stereocenters. The van der Waals surface area contributed by atoms with Gasteiger partial charge in [0.15, 0.2) is 5.96 Å². The Morgan fingerprint density at radius 3 is 2.55 bits per heavy atom. The first-order chi connectivity index (χ1) is 14.0. The zero-order valence-corrected chi connectivity index (χ0v) is 17.2. The van der Waals surface area contributed by atoms with Crippen molar-refractivity contribution < 1.29 is 14.5 Å². The van der Waals surface area contributed by atoms with Gasteiger partial charge < -0.3 is 20.3 Å². The van der Waals surface area contributed by atoms with Gasteiger partial charge in [-0.1, -0.05) is 25.5 Å². The van der Waals surface area contributed by atoms with Gasteiger partial charge in [-0.2, -0.15) is 0 Å². The van der Waals surface area contributed by atoms with Crippen LogP contribution in [0.15, 0.2) is 29.3 Å². The summed E-state index contributed by atoms with van der Waals surface area (Å²) in [6, 6.07) is 6.67. The summed E-state index contributed by atoms with van der Waals surface area (Å²) in [6.45, 7) is 6.89. The molecule has 0 spiro atoms. The first-order valence-electron chi connectivity index (χ1n) is 10.2. The highest BCUT2D eigenvalue weighted by Crippen LogP contribution is 2.13. The van der Waals surface area contributed by atoms with Crippen LogP contribution in [0.25, 0.3) is 0 Å². The summed E-state index contributed by atoms with van der Waals surface area (Å²) in [5, 5.41) is 17.6. The van der Waals surface area contributed by atoms with Crippen LogP contribution in [-0.2, 0) is 11.3 Å². The zero-order chi connectivity index (χ0) is 21.1. The van der Waals surface area contributed by atoms with E-state index < -0.39 is 4.92 Å². The van der Waals surface area contributed by atoms with Crippen LogP contribution in [0.2, 0.25) is 0 Å². The third-order valence-electron chi connectivity index (χ3n) is 4.75. The molecule has 1 heterocycles. The number of amides is 1. The zero-order valence-electron chi connectivity index (χ0n) is 17.2. The highest BCUT2D eigenvalue weighted by molar-refractivity contribution is 5.80. The summed E-state index contributed by atoms with van der Waals surface area (Å²) in [5.74, 6) is 0.728. The predicted octanol–water partition coefficient (Wildman–Crippen LogP) is 3.05. The minimum Gasteiger partial charge on any atom is -0.450 e. The quantitative estimate of drug-likeness (QED) is 0.226. The molecule has 1 aromatic carbocycles. The fourth-order valence-corrected chi connectivity index (χ4v) is 3.04. The second-order valence-corrected chi connectivity index (χ2v) is 6.97. The number of piperidine rings is 1. The van der Waals surface area contributed by atoms with Crippen molar-refractivity contribution in [2.45, 2.75) is 52.1 Å². The number of hydrogen-bond donors (Lipinski definition) is 2. The van der Waals surface area contributed by atoms with Crippen LogP contribution in [0.4, 0.5) is 10.5 Å². The van der Waals surface area contributed by atoms with Crippen LogP contribution in [0.1, 0.15) is 45.1 Å². The van der Waals surface area contributed by atoms with E-state index in [2.05, 4.69) is 22.5 Å². The van der Waals surface area contributed by atoms with Gasteiger partial charge in [-0.25, -0.2) is 9.79 Å². The molecule has 9 heteroatoms. The van der Waals surface area contributed by atoms with Crippen LogP contribution < -0.4 is 10.6 Å². The van der Waals surface area contributed by atoms with E-state index in [0.29, 0.717) is 26.2 Å². The lowest BCUT2D eigenvalue weighted by molar-refractivity contribution is -0.384. The molecule has 1 saturated heterocycles. The maximum Gasteiger partial charge on any atom is 0.409 e. The molecule has 1 aliphatic rings. The number of rotatable bonds is 8. The molecule has 0 saturated carbocycles. The average Bonchev–Trinajstić information content (AvgIpc) is 2.73. The largest absolute Gasteiger partial charge is 0.450 e. The lowest BCUT2D eigenvalue weighted by Gasteiger charge is -2.32. The van der Waals surface area contributed by atoms with E-state index in [0.717, 1.165) is 43.8 Å². The van der Waals surface area contributed by atoms with Crippen LogP contribution in [0.3, 0.4) is 0 Å². The number of nitro groups is 1. The molecule has 0 bridgehead atoms. The molecular weight excluding hydrogens is 374 g/mol. The maximum atomic E-state index is 11.8. The van der Waals surface area contributed by atoms with E-state index in [1.165, 1.54) is 12.1 Å². The van der Waals surface area contributed by atoms with Gasteiger partial charge in [0.25, 0.3) is 5.69 Å². The maximum absolute atomic E-state index is 11.8. The Bertz CT molecular complexity index is 685. The Hall–Kier alpha value is -2.84. The van der Waals surface area contributed by atoms with Crippen molar-refractivity contribution in [2.75, 3.05) is 26.2 Å². The van der Waals surface area contributed by atoms with E-state index in [9.17, 15) is 14.9 Å². The number of unbranched alkanes of at least 4 members (excludes halogenated alkanes) is 1. The van der Waals surface area contributed by atoms with Gasteiger partial charge in [0.1, 0.15) is 0 Å². The van der Waals surface area contributed by atoms with E-state index in [-0.39, 0.29) is 17.8 Å². The first kappa shape index (κ1) is 22.4. The number of nitrogens with zero attached hydrogens (tertiary/aromatic N) is 3. The molecule has 9 nitrogen and oxygen atoms in total. The Balaban J connectivity index is 1.92. The highest BCUT2D eigenvalue weighted by Gasteiger charge is 2.24. The molecule has 29 heavy (non-hydrogen) atoms. The van der Waals surface area contributed by atoms with Crippen molar-refractivity contribution >= 4 is 17.7 Å². The van der Waals surface area contributed by atoms with Crippen molar-refractivity contribution in [1.82, 2.24) is 15.5 Å². The summed E-state index contributed by atoms with van der Waals surface area (Å²) in [7, 11) is 0. The van der Waals surface area contributed by atoms with Crippen molar-refractivity contribution in [3.8, 4) is 0 Å². The molecule has 0 atom stereocenters. The average molecular weight is 405 g/mol. The number of ether oxygens (including phenoxy) is 1. The Labute approximate surface area is 171 Å². The number of nitrogens with one attached hydrogen (secondary N) is 2. The van der Waals surface area contributed by atoms with Crippen LogP contribution in [0, 0.1) is 10.1 Å². The van der Waals surface area contributed by atoms with E-state index in [1.54, 1.807) is 17.0 Å². The standard InChI is InChI=1S/C20H31N5O4/c1-3-5-12-21-19(22-15-16-6-8-18(9-7-16)25(27)28)23-17-10-13-24(14-11-17)20(26)29-4-2/h6-9,17H,3-5,10-15H2,1-2H3,(H2,21,22,23). The van der Waals surface area contributed by atoms with Gasteiger partial charge in [-0.15, -0.1) is 0 Å². The van der Waals surface area contributed by atoms with Crippen LogP contribution in [0.5, 0.6) is 0 Å². The fraction of sp³-hybridized carbons (Fsp3) is 0.600. The Morgan fingerprint density at radius 1 is 1.28 bits per heavy atom. The number of hydrogen-bond acceptors (Lipinski definition) is 5. The second-order valence-electron chi connectivity index (χ2n) is 6.97. The summed E-state index contributed by atoms with van der Waals surface area (Å²) in [4.78, 5) is 28.6. The predicted molar refractivity (Wildman–Crippen MR) is 112 cm³/mol. The normalized spacial score (nSPS) is 15.1. The van der Waals surface area contributed by atoms with Crippen molar-refractivity contribution in [1.29, 1.82) is 0 Å². The summed E-state index contributed by atoms with van der Waals surface area (Å²) in [5.41, 5.74) is 0.981. The molecule has 2 rings (SSSR count). The van der Waals surface area contributed by atoms with Crippen LogP contribution >= 0.6 is 0 Å². The number of likely N-dealkylation sites (tertiary alicyclic amines) is 1. The number of benzene rings is 1. The van der Waals surface area contributed by atoms with Gasteiger partial charge in [0, 0.05) is 37.8 Å². The Kier molecular flexibility index (Phi) is 9.20. The third kappa shape index (κ3) is 7.59. The minimum absolute atomic E-state index is 0.0745. The highest BCUT2D eigenvalue weighted by atomic mass is 16.6. The number of carbonyl (C=O) groups excluding carboxylic acids is 1. The van der Waals surface area contributed by atoms with Gasteiger partial charge in [0.2, 0.25) is 0 Å². The monoisotopic (exact) mass is 405 g/mol. The van der Waals surface area contributed by atoms with Gasteiger partial charge in [-0.05, 0) is 31.7 Å². The minimum atomic E-state index is -0.408. The SMILES string of the molecule is CCCCNC(=NCc1ccc([N+](=O)[O-])cc1)NC1CCN(C(=O)OCC)CC1. The molecule has 0 aromatic heterocycles. The molecule has 1 fully saturated rings. The lowest BCUT2D eigenvalue weighted by atomic mass is 10.1. The van der Waals surface area contributed by atoms with Gasteiger partial charge in [0.05, 0.1) is 18.1 Å².